The zero-order valence-electron chi connectivity index (χ0n) is 9.88. The second-order valence-corrected chi connectivity index (χ2v) is 6.36. The molecule has 96 valence electrons. The summed E-state index contributed by atoms with van der Waals surface area (Å²) < 4.78 is 28.0. The van der Waals surface area contributed by atoms with Crippen molar-refractivity contribution < 1.29 is 18.3 Å². The third-order valence-electron chi connectivity index (χ3n) is 2.16. The number of aliphatic hydroxyl groups is 1. The van der Waals surface area contributed by atoms with Crippen molar-refractivity contribution in [1.82, 2.24) is 0 Å². The maximum Gasteiger partial charge on any atom is 0.175 e. The van der Waals surface area contributed by atoms with Gasteiger partial charge in [0.05, 0.1) is 17.0 Å². The van der Waals surface area contributed by atoms with Gasteiger partial charge in [0.1, 0.15) is 12.4 Å². The third-order valence-corrected chi connectivity index (χ3v) is 3.27. The Kier molecular flexibility index (Phi) is 4.13. The molecule has 1 rings (SSSR count). The molecule has 0 aliphatic rings. The average Bonchev–Trinajstić information content (AvgIpc) is 2.26. The summed E-state index contributed by atoms with van der Waals surface area (Å²) >= 11 is 0. The summed E-state index contributed by atoms with van der Waals surface area (Å²) in [7, 11) is -3.25. The van der Waals surface area contributed by atoms with Crippen LogP contribution in [0.15, 0.2) is 29.2 Å². The Bertz CT molecular complexity index is 482. The van der Waals surface area contributed by atoms with Crippen molar-refractivity contribution >= 4 is 9.84 Å². The van der Waals surface area contributed by atoms with Gasteiger partial charge in [0.25, 0.3) is 0 Å². The van der Waals surface area contributed by atoms with Crippen LogP contribution in [-0.2, 0) is 9.84 Å². The predicted molar refractivity (Wildman–Crippen MR) is 64.7 cm³/mol. The minimum atomic E-state index is -3.25. The highest BCUT2D eigenvalue weighted by atomic mass is 32.2. The molecular weight excluding hydrogens is 242 g/mol. The standard InChI is InChI=1S/C11H17NO4S/c1-11(12,7-13)8-16-9-4-3-5-10(6-9)17(2,14)15/h3-6,13H,7-8,12H2,1-2H3. The van der Waals surface area contributed by atoms with E-state index in [4.69, 9.17) is 15.6 Å². The van der Waals surface area contributed by atoms with E-state index in [1.807, 2.05) is 0 Å². The van der Waals surface area contributed by atoms with Crippen LogP contribution in [0, 0.1) is 0 Å². The number of sulfone groups is 1. The monoisotopic (exact) mass is 259 g/mol. The van der Waals surface area contributed by atoms with Crippen LogP contribution in [0.5, 0.6) is 5.75 Å². The number of hydrogen-bond acceptors (Lipinski definition) is 5. The van der Waals surface area contributed by atoms with Crippen molar-refractivity contribution in [3.63, 3.8) is 0 Å². The van der Waals surface area contributed by atoms with Crippen LogP contribution >= 0.6 is 0 Å². The zero-order valence-corrected chi connectivity index (χ0v) is 10.7. The lowest BCUT2D eigenvalue weighted by Gasteiger charge is -2.21. The molecule has 1 atom stereocenters. The summed E-state index contributed by atoms with van der Waals surface area (Å²) in [5.74, 6) is 0.415. The van der Waals surface area contributed by atoms with E-state index in [2.05, 4.69) is 0 Å². The summed E-state index contributed by atoms with van der Waals surface area (Å²) in [6.07, 6.45) is 1.13. The molecule has 6 heteroatoms. The van der Waals surface area contributed by atoms with E-state index < -0.39 is 15.4 Å². The summed E-state index contributed by atoms with van der Waals surface area (Å²) in [6, 6.07) is 6.17. The molecule has 17 heavy (non-hydrogen) atoms. The van der Waals surface area contributed by atoms with E-state index in [1.165, 1.54) is 12.1 Å². The van der Waals surface area contributed by atoms with Crippen LogP contribution in [-0.4, -0.2) is 38.5 Å². The molecule has 0 aliphatic heterocycles. The zero-order chi connectivity index (χ0) is 13.1. The first-order valence-electron chi connectivity index (χ1n) is 5.07. The van der Waals surface area contributed by atoms with E-state index in [9.17, 15) is 8.42 Å². The number of rotatable bonds is 5. The number of ether oxygens (including phenoxy) is 1. The molecule has 0 heterocycles. The van der Waals surface area contributed by atoms with Gasteiger partial charge in [-0.15, -0.1) is 0 Å². The molecular formula is C11H17NO4S. The maximum atomic E-state index is 11.3. The number of nitrogens with two attached hydrogens (primary N) is 1. The van der Waals surface area contributed by atoms with Crippen molar-refractivity contribution in [2.45, 2.75) is 17.4 Å². The fraction of sp³-hybridized carbons (Fsp3) is 0.455. The van der Waals surface area contributed by atoms with Crippen LogP contribution in [0.1, 0.15) is 6.92 Å². The van der Waals surface area contributed by atoms with Crippen molar-refractivity contribution in [3.8, 4) is 5.75 Å². The molecule has 0 saturated carbocycles. The van der Waals surface area contributed by atoms with Crippen molar-refractivity contribution in [3.05, 3.63) is 24.3 Å². The van der Waals surface area contributed by atoms with Gasteiger partial charge in [0, 0.05) is 6.26 Å². The molecule has 1 aromatic carbocycles. The minimum Gasteiger partial charge on any atom is -0.492 e. The third kappa shape index (κ3) is 4.33. The van der Waals surface area contributed by atoms with Gasteiger partial charge in [-0.1, -0.05) is 6.07 Å². The van der Waals surface area contributed by atoms with E-state index in [0.717, 1.165) is 6.26 Å². The molecule has 0 radical (unpaired) electrons. The topological polar surface area (TPSA) is 89.6 Å². The quantitative estimate of drug-likeness (QED) is 0.787. The molecule has 0 spiro atoms. The van der Waals surface area contributed by atoms with Crippen LogP contribution < -0.4 is 10.5 Å². The molecule has 0 bridgehead atoms. The fourth-order valence-electron chi connectivity index (χ4n) is 1.09. The summed E-state index contributed by atoms with van der Waals surface area (Å²) in [5.41, 5.74) is 4.85. The van der Waals surface area contributed by atoms with E-state index >= 15 is 0 Å². The SMILES string of the molecule is CC(N)(CO)COc1cccc(S(C)(=O)=O)c1. The number of hydrogen-bond donors (Lipinski definition) is 2. The molecule has 1 unspecified atom stereocenters. The van der Waals surface area contributed by atoms with Gasteiger partial charge in [-0.3, -0.25) is 0 Å². The van der Waals surface area contributed by atoms with Gasteiger partial charge in [-0.2, -0.15) is 0 Å². The van der Waals surface area contributed by atoms with Gasteiger partial charge in [0.2, 0.25) is 0 Å². The first-order chi connectivity index (χ1) is 7.74. The van der Waals surface area contributed by atoms with Crippen molar-refractivity contribution in [1.29, 1.82) is 0 Å². The molecule has 0 aliphatic carbocycles. The van der Waals surface area contributed by atoms with Crippen LogP contribution in [0.4, 0.5) is 0 Å². The largest absolute Gasteiger partial charge is 0.492 e. The molecule has 5 nitrogen and oxygen atoms in total. The number of aliphatic hydroxyl groups excluding tert-OH is 1. The molecule has 0 saturated heterocycles. The van der Waals surface area contributed by atoms with Gasteiger partial charge in [0.15, 0.2) is 9.84 Å². The second kappa shape index (κ2) is 5.03. The first-order valence-corrected chi connectivity index (χ1v) is 6.96. The Morgan fingerprint density at radius 3 is 2.65 bits per heavy atom. The van der Waals surface area contributed by atoms with E-state index in [-0.39, 0.29) is 18.1 Å². The molecule has 0 aromatic heterocycles. The highest BCUT2D eigenvalue weighted by molar-refractivity contribution is 7.90. The van der Waals surface area contributed by atoms with Gasteiger partial charge >= 0.3 is 0 Å². The Morgan fingerprint density at radius 2 is 2.12 bits per heavy atom. The van der Waals surface area contributed by atoms with Crippen LogP contribution in [0.3, 0.4) is 0 Å². The first kappa shape index (κ1) is 14.0. The summed E-state index contributed by atoms with van der Waals surface area (Å²) in [4.78, 5) is 0.192. The van der Waals surface area contributed by atoms with E-state index in [0.29, 0.717) is 5.75 Å². The van der Waals surface area contributed by atoms with E-state index in [1.54, 1.807) is 19.1 Å². The second-order valence-electron chi connectivity index (χ2n) is 4.35. The summed E-state index contributed by atoms with van der Waals surface area (Å²) in [6.45, 7) is 1.54. The van der Waals surface area contributed by atoms with Crippen molar-refractivity contribution in [2.75, 3.05) is 19.5 Å². The van der Waals surface area contributed by atoms with Crippen molar-refractivity contribution in [2.24, 2.45) is 5.73 Å². The summed E-state index contributed by atoms with van der Waals surface area (Å²) in [5, 5.41) is 8.96. The Morgan fingerprint density at radius 1 is 1.47 bits per heavy atom. The lowest BCUT2D eigenvalue weighted by atomic mass is 10.1. The highest BCUT2D eigenvalue weighted by Gasteiger charge is 2.18. The predicted octanol–water partition coefficient (Wildman–Crippen LogP) is 0.179. The molecule has 0 fully saturated rings. The lowest BCUT2D eigenvalue weighted by molar-refractivity contribution is 0.146. The minimum absolute atomic E-state index is 0.108. The number of benzene rings is 1. The molecule has 0 amide bonds. The Hall–Kier alpha value is -1.11. The highest BCUT2D eigenvalue weighted by Crippen LogP contribution is 2.18. The molecule has 3 N–H and O–H groups in total. The normalized spacial score (nSPS) is 15.3. The van der Waals surface area contributed by atoms with Gasteiger partial charge in [-0.05, 0) is 25.1 Å². The van der Waals surface area contributed by atoms with Gasteiger partial charge in [-0.25, -0.2) is 8.42 Å². The van der Waals surface area contributed by atoms with Gasteiger partial charge < -0.3 is 15.6 Å². The molecule has 1 aromatic rings. The maximum absolute atomic E-state index is 11.3. The smallest absolute Gasteiger partial charge is 0.175 e. The Labute approximate surface area is 101 Å². The average molecular weight is 259 g/mol. The lowest BCUT2D eigenvalue weighted by Crippen LogP contribution is -2.45. The van der Waals surface area contributed by atoms with Crippen LogP contribution in [0.25, 0.3) is 0 Å². The Balaban J connectivity index is 2.81. The fourth-order valence-corrected chi connectivity index (χ4v) is 1.74. The van der Waals surface area contributed by atoms with Crippen LogP contribution in [0.2, 0.25) is 0 Å².